The third kappa shape index (κ3) is 2.01. The van der Waals surface area contributed by atoms with Gasteiger partial charge in [0.2, 0.25) is 0 Å². The van der Waals surface area contributed by atoms with E-state index >= 15 is 0 Å². The van der Waals surface area contributed by atoms with Crippen LogP contribution >= 0.6 is 7.60 Å². The van der Waals surface area contributed by atoms with Crippen LogP contribution in [0.2, 0.25) is 0 Å². The molecular formula is C8H9N2O3P. The number of rotatable bonds is 2. The van der Waals surface area contributed by atoms with E-state index in [0.717, 1.165) is 11.0 Å². The fraction of sp³-hybridized carbons (Fsp3) is 0.125. The van der Waals surface area contributed by atoms with Gasteiger partial charge in [0.1, 0.15) is 12.0 Å². The SMILES string of the molecule is O=P(O)(O)Cc1nc2ccccc2[nH]1. The minimum Gasteiger partial charge on any atom is -0.341 e. The number of hydrogen-bond donors (Lipinski definition) is 3. The van der Waals surface area contributed by atoms with Crippen LogP contribution in [0.4, 0.5) is 0 Å². The number of fused-ring (bicyclic) bond motifs is 1. The Bertz CT molecular complexity index is 469. The van der Waals surface area contributed by atoms with E-state index < -0.39 is 7.60 Å². The Balaban J connectivity index is 2.41. The van der Waals surface area contributed by atoms with Gasteiger partial charge in [0.25, 0.3) is 0 Å². The van der Waals surface area contributed by atoms with Crippen molar-refractivity contribution in [1.29, 1.82) is 0 Å². The molecule has 0 atom stereocenters. The van der Waals surface area contributed by atoms with Gasteiger partial charge in [-0.25, -0.2) is 4.98 Å². The Morgan fingerprint density at radius 2 is 2.07 bits per heavy atom. The molecule has 1 heterocycles. The van der Waals surface area contributed by atoms with E-state index in [-0.39, 0.29) is 6.16 Å². The molecule has 0 aliphatic rings. The Morgan fingerprint density at radius 1 is 1.36 bits per heavy atom. The predicted molar refractivity (Wildman–Crippen MR) is 51.8 cm³/mol. The number of nitrogens with one attached hydrogen (secondary N) is 1. The zero-order valence-corrected chi connectivity index (χ0v) is 8.11. The van der Waals surface area contributed by atoms with Crippen molar-refractivity contribution in [2.75, 3.05) is 0 Å². The number of imidazole rings is 1. The highest BCUT2D eigenvalue weighted by molar-refractivity contribution is 7.50. The molecule has 1 aromatic heterocycles. The first-order valence-corrected chi connectivity index (χ1v) is 5.82. The molecule has 0 spiro atoms. The third-order valence-corrected chi connectivity index (χ3v) is 2.51. The van der Waals surface area contributed by atoms with E-state index in [1.54, 1.807) is 6.07 Å². The molecule has 14 heavy (non-hydrogen) atoms. The van der Waals surface area contributed by atoms with Gasteiger partial charge in [0, 0.05) is 0 Å². The number of aromatic amines is 1. The maximum atomic E-state index is 10.7. The van der Waals surface area contributed by atoms with Gasteiger partial charge in [0.05, 0.1) is 11.0 Å². The largest absolute Gasteiger partial charge is 0.341 e. The van der Waals surface area contributed by atoms with Gasteiger partial charge in [-0.1, -0.05) is 12.1 Å². The third-order valence-electron chi connectivity index (χ3n) is 1.79. The zero-order chi connectivity index (χ0) is 10.2. The molecule has 0 fully saturated rings. The van der Waals surface area contributed by atoms with Crippen molar-refractivity contribution in [2.45, 2.75) is 6.16 Å². The maximum Gasteiger partial charge on any atom is 0.333 e. The maximum absolute atomic E-state index is 10.7. The van der Waals surface area contributed by atoms with Gasteiger partial charge in [-0.15, -0.1) is 0 Å². The van der Waals surface area contributed by atoms with Crippen molar-refractivity contribution >= 4 is 18.6 Å². The Kier molecular flexibility index (Phi) is 2.15. The number of nitrogens with zero attached hydrogens (tertiary/aromatic N) is 1. The molecule has 5 nitrogen and oxygen atoms in total. The molecule has 0 aliphatic carbocycles. The first-order chi connectivity index (χ1) is 6.54. The van der Waals surface area contributed by atoms with Crippen LogP contribution < -0.4 is 0 Å². The Morgan fingerprint density at radius 3 is 2.71 bits per heavy atom. The van der Waals surface area contributed by atoms with Crippen molar-refractivity contribution < 1.29 is 14.4 Å². The van der Waals surface area contributed by atoms with Gasteiger partial charge in [-0.3, -0.25) is 4.57 Å². The van der Waals surface area contributed by atoms with Gasteiger partial charge in [-0.2, -0.15) is 0 Å². The predicted octanol–water partition coefficient (Wildman–Crippen LogP) is 1.24. The van der Waals surface area contributed by atoms with E-state index in [9.17, 15) is 4.57 Å². The highest BCUT2D eigenvalue weighted by Crippen LogP contribution is 2.38. The standard InChI is InChI=1S/C8H9N2O3P/c11-14(12,13)5-8-9-6-3-1-2-4-7(6)10-8/h1-4H,5H2,(H,9,10)(H2,11,12,13). The number of hydrogen-bond acceptors (Lipinski definition) is 2. The Labute approximate surface area is 80.0 Å². The number of H-pyrrole nitrogens is 1. The highest BCUT2D eigenvalue weighted by atomic mass is 31.2. The van der Waals surface area contributed by atoms with Crippen LogP contribution in [0.3, 0.4) is 0 Å². The van der Waals surface area contributed by atoms with Crippen LogP contribution in [0.25, 0.3) is 11.0 Å². The van der Waals surface area contributed by atoms with Crippen LogP contribution in [0, 0.1) is 0 Å². The summed E-state index contributed by atoms with van der Waals surface area (Å²) >= 11 is 0. The summed E-state index contributed by atoms with van der Waals surface area (Å²) in [5.74, 6) is 0.319. The van der Waals surface area contributed by atoms with Crippen molar-refractivity contribution in [2.24, 2.45) is 0 Å². The lowest BCUT2D eigenvalue weighted by atomic mass is 10.3. The van der Waals surface area contributed by atoms with E-state index in [2.05, 4.69) is 9.97 Å². The summed E-state index contributed by atoms with van der Waals surface area (Å²) in [7, 11) is -4.04. The molecule has 0 aliphatic heterocycles. The lowest BCUT2D eigenvalue weighted by Crippen LogP contribution is -1.88. The van der Waals surface area contributed by atoms with Crippen LogP contribution in [-0.2, 0) is 10.7 Å². The van der Waals surface area contributed by atoms with Crippen molar-refractivity contribution in [1.82, 2.24) is 9.97 Å². The first-order valence-electron chi connectivity index (χ1n) is 4.03. The van der Waals surface area contributed by atoms with Crippen LogP contribution in [0.1, 0.15) is 5.82 Å². The topological polar surface area (TPSA) is 86.2 Å². The van der Waals surface area contributed by atoms with E-state index in [0.29, 0.717) is 5.82 Å². The number of benzene rings is 1. The van der Waals surface area contributed by atoms with Crippen molar-refractivity contribution in [3.63, 3.8) is 0 Å². The minimum absolute atomic E-state index is 0.319. The van der Waals surface area contributed by atoms with Crippen LogP contribution in [0.5, 0.6) is 0 Å². The van der Waals surface area contributed by atoms with Gasteiger partial charge < -0.3 is 14.8 Å². The molecule has 0 saturated carbocycles. The van der Waals surface area contributed by atoms with E-state index in [4.69, 9.17) is 9.79 Å². The molecule has 2 rings (SSSR count). The fourth-order valence-electron chi connectivity index (χ4n) is 1.28. The first kappa shape index (κ1) is 9.40. The molecule has 1 aromatic carbocycles. The fourth-order valence-corrected chi connectivity index (χ4v) is 1.82. The molecule has 0 saturated heterocycles. The Hall–Kier alpha value is -1.16. The summed E-state index contributed by atoms with van der Waals surface area (Å²) in [6.45, 7) is 0. The molecular weight excluding hydrogens is 203 g/mol. The van der Waals surface area contributed by atoms with Gasteiger partial charge in [0.15, 0.2) is 0 Å². The molecule has 6 heteroatoms. The lowest BCUT2D eigenvalue weighted by Gasteiger charge is -1.98. The lowest BCUT2D eigenvalue weighted by molar-refractivity contribution is 0.371. The summed E-state index contributed by atoms with van der Waals surface area (Å²) in [5.41, 5.74) is 1.51. The smallest absolute Gasteiger partial charge is 0.333 e. The second-order valence-corrected chi connectivity index (χ2v) is 4.67. The molecule has 2 aromatic rings. The quantitative estimate of drug-likeness (QED) is 0.653. The molecule has 0 amide bonds. The monoisotopic (exact) mass is 212 g/mol. The highest BCUT2D eigenvalue weighted by Gasteiger charge is 2.16. The van der Waals surface area contributed by atoms with E-state index in [1.807, 2.05) is 18.2 Å². The molecule has 0 bridgehead atoms. The summed E-state index contributed by atoms with van der Waals surface area (Å²) in [5, 5.41) is 0. The van der Waals surface area contributed by atoms with Crippen molar-refractivity contribution in [3.8, 4) is 0 Å². The zero-order valence-electron chi connectivity index (χ0n) is 7.21. The van der Waals surface area contributed by atoms with E-state index in [1.165, 1.54) is 0 Å². The van der Waals surface area contributed by atoms with Crippen molar-refractivity contribution in [3.05, 3.63) is 30.1 Å². The average molecular weight is 212 g/mol. The van der Waals surface area contributed by atoms with Crippen LogP contribution in [0.15, 0.2) is 24.3 Å². The van der Waals surface area contributed by atoms with Gasteiger partial charge >= 0.3 is 7.60 Å². The second kappa shape index (κ2) is 3.20. The number of para-hydroxylation sites is 2. The summed E-state index contributed by atoms with van der Waals surface area (Å²) < 4.78 is 10.7. The molecule has 74 valence electrons. The second-order valence-electron chi connectivity index (χ2n) is 3.02. The summed E-state index contributed by atoms with van der Waals surface area (Å²) in [6.07, 6.45) is -0.346. The summed E-state index contributed by atoms with van der Waals surface area (Å²) in [6, 6.07) is 7.26. The number of aromatic nitrogens is 2. The molecule has 3 N–H and O–H groups in total. The minimum atomic E-state index is -4.04. The van der Waals surface area contributed by atoms with Crippen LogP contribution in [-0.4, -0.2) is 19.8 Å². The van der Waals surface area contributed by atoms with Gasteiger partial charge in [-0.05, 0) is 12.1 Å². The molecule has 0 unspecified atom stereocenters. The molecule has 0 radical (unpaired) electrons. The summed E-state index contributed by atoms with van der Waals surface area (Å²) in [4.78, 5) is 24.4. The normalized spacial score (nSPS) is 12.1. The average Bonchev–Trinajstić information content (AvgIpc) is 2.42.